The van der Waals surface area contributed by atoms with Gasteiger partial charge in [-0.3, -0.25) is 18.6 Å². The molecular formula is C40H77O10P. The molecule has 0 aromatic heterocycles. The SMILES string of the molecule is CCCCCCCC/C=C\CCCCCCCC(=O)OC[C@@H](COP(=O)(O)OCC(O)CO)OC(=O)CCCCCCCCCCCCCCC. The van der Waals surface area contributed by atoms with Gasteiger partial charge in [-0.1, -0.05) is 154 Å². The van der Waals surface area contributed by atoms with Crippen LogP contribution in [-0.4, -0.2) is 65.7 Å². The Balaban J connectivity index is 4.31. The molecule has 51 heavy (non-hydrogen) atoms. The van der Waals surface area contributed by atoms with Gasteiger partial charge in [0, 0.05) is 12.8 Å². The molecule has 3 atom stereocenters. The number of hydrogen-bond acceptors (Lipinski definition) is 9. The van der Waals surface area contributed by atoms with Gasteiger partial charge in [-0.15, -0.1) is 0 Å². The molecule has 10 nitrogen and oxygen atoms in total. The van der Waals surface area contributed by atoms with E-state index < -0.39 is 51.8 Å². The molecule has 0 heterocycles. The van der Waals surface area contributed by atoms with Crippen molar-refractivity contribution in [2.75, 3.05) is 26.4 Å². The maximum Gasteiger partial charge on any atom is 0.472 e. The zero-order chi connectivity index (χ0) is 37.7. The third kappa shape index (κ3) is 36.8. The topological polar surface area (TPSA) is 149 Å². The molecule has 0 aromatic carbocycles. The lowest BCUT2D eigenvalue weighted by molar-refractivity contribution is -0.161. The summed E-state index contributed by atoms with van der Waals surface area (Å²) in [6.07, 6.45) is 33.2. The Morgan fingerprint density at radius 3 is 1.41 bits per heavy atom. The largest absolute Gasteiger partial charge is 0.472 e. The zero-order valence-corrected chi connectivity index (χ0v) is 33.5. The van der Waals surface area contributed by atoms with Crippen molar-refractivity contribution in [3.63, 3.8) is 0 Å². The van der Waals surface area contributed by atoms with E-state index in [1.165, 1.54) is 103 Å². The highest BCUT2D eigenvalue weighted by Crippen LogP contribution is 2.43. The zero-order valence-electron chi connectivity index (χ0n) is 32.6. The van der Waals surface area contributed by atoms with Gasteiger partial charge in [-0.2, -0.15) is 0 Å². The molecule has 0 bridgehead atoms. The fraction of sp³-hybridized carbons (Fsp3) is 0.900. The van der Waals surface area contributed by atoms with Crippen molar-refractivity contribution in [2.45, 2.75) is 206 Å². The molecule has 0 spiro atoms. The van der Waals surface area contributed by atoms with E-state index in [9.17, 15) is 24.2 Å². The molecule has 0 saturated carbocycles. The third-order valence-electron chi connectivity index (χ3n) is 8.92. The summed E-state index contributed by atoms with van der Waals surface area (Å²) in [6.45, 7) is 2.37. The second-order valence-electron chi connectivity index (χ2n) is 14.0. The summed E-state index contributed by atoms with van der Waals surface area (Å²) in [7, 11) is -4.61. The molecular weight excluding hydrogens is 671 g/mol. The summed E-state index contributed by atoms with van der Waals surface area (Å²) in [5.74, 6) is -0.927. The fourth-order valence-corrected chi connectivity index (χ4v) is 6.48. The minimum atomic E-state index is -4.61. The van der Waals surface area contributed by atoms with Crippen molar-refractivity contribution in [1.29, 1.82) is 0 Å². The van der Waals surface area contributed by atoms with Gasteiger partial charge in [0.25, 0.3) is 0 Å². The van der Waals surface area contributed by atoms with Crippen LogP contribution in [0.2, 0.25) is 0 Å². The van der Waals surface area contributed by atoms with Gasteiger partial charge in [0.1, 0.15) is 12.7 Å². The second-order valence-corrected chi connectivity index (χ2v) is 15.5. The molecule has 0 saturated heterocycles. The van der Waals surface area contributed by atoms with Crippen LogP contribution < -0.4 is 0 Å². The molecule has 0 rings (SSSR count). The number of hydrogen-bond donors (Lipinski definition) is 3. The highest BCUT2D eigenvalue weighted by molar-refractivity contribution is 7.47. The van der Waals surface area contributed by atoms with Gasteiger partial charge in [0.15, 0.2) is 6.10 Å². The number of carbonyl (C=O) groups is 2. The Morgan fingerprint density at radius 1 is 0.569 bits per heavy atom. The minimum absolute atomic E-state index is 0.188. The highest BCUT2D eigenvalue weighted by Gasteiger charge is 2.27. The Kier molecular flexibility index (Phi) is 36.1. The molecule has 3 N–H and O–H groups in total. The number of allylic oxidation sites excluding steroid dienone is 2. The van der Waals surface area contributed by atoms with Crippen molar-refractivity contribution in [2.24, 2.45) is 0 Å². The summed E-state index contributed by atoms with van der Waals surface area (Å²) in [4.78, 5) is 34.9. The number of aliphatic hydroxyl groups is 2. The maximum absolute atomic E-state index is 12.6. The second kappa shape index (κ2) is 37.0. The monoisotopic (exact) mass is 749 g/mol. The average Bonchev–Trinajstić information content (AvgIpc) is 3.12. The van der Waals surface area contributed by atoms with E-state index in [4.69, 9.17) is 19.1 Å². The van der Waals surface area contributed by atoms with E-state index in [0.717, 1.165) is 51.4 Å². The normalized spacial score (nSPS) is 14.1. The number of esters is 2. The van der Waals surface area contributed by atoms with Crippen LogP contribution >= 0.6 is 7.82 Å². The van der Waals surface area contributed by atoms with Gasteiger partial charge in [-0.25, -0.2) is 4.57 Å². The van der Waals surface area contributed by atoms with Crippen molar-refractivity contribution < 1.29 is 47.8 Å². The Bertz CT molecular complexity index is 868. The summed E-state index contributed by atoms with van der Waals surface area (Å²) >= 11 is 0. The van der Waals surface area contributed by atoms with E-state index in [2.05, 4.69) is 30.5 Å². The summed E-state index contributed by atoms with van der Waals surface area (Å²) in [5, 5.41) is 18.3. The molecule has 302 valence electrons. The lowest BCUT2D eigenvalue weighted by Crippen LogP contribution is -2.29. The van der Waals surface area contributed by atoms with Gasteiger partial charge in [-0.05, 0) is 38.5 Å². The maximum atomic E-state index is 12.6. The average molecular weight is 749 g/mol. The first kappa shape index (κ1) is 49.7. The van der Waals surface area contributed by atoms with Crippen LogP contribution in [0.1, 0.15) is 194 Å². The number of unbranched alkanes of at least 4 members (excludes halogenated alkanes) is 23. The Hall–Kier alpha value is -1.29. The smallest absolute Gasteiger partial charge is 0.462 e. The molecule has 2 unspecified atom stereocenters. The third-order valence-corrected chi connectivity index (χ3v) is 9.87. The minimum Gasteiger partial charge on any atom is -0.462 e. The van der Waals surface area contributed by atoms with Crippen LogP contribution in [-0.2, 0) is 32.7 Å². The van der Waals surface area contributed by atoms with Crippen molar-refractivity contribution >= 4 is 19.8 Å². The van der Waals surface area contributed by atoms with Crippen molar-refractivity contribution in [3.05, 3.63) is 12.2 Å². The van der Waals surface area contributed by atoms with Gasteiger partial charge < -0.3 is 24.6 Å². The van der Waals surface area contributed by atoms with Crippen LogP contribution in [0.4, 0.5) is 0 Å². The first-order valence-corrected chi connectivity index (χ1v) is 22.1. The van der Waals surface area contributed by atoms with E-state index >= 15 is 0 Å². The summed E-state index contributed by atoms with van der Waals surface area (Å²) in [6, 6.07) is 0. The first-order chi connectivity index (χ1) is 24.7. The Labute approximate surface area is 311 Å². The fourth-order valence-electron chi connectivity index (χ4n) is 5.69. The molecule has 0 aliphatic heterocycles. The van der Waals surface area contributed by atoms with Crippen LogP contribution in [0, 0.1) is 0 Å². The predicted octanol–water partition coefficient (Wildman–Crippen LogP) is 10.4. The van der Waals surface area contributed by atoms with Crippen LogP contribution in [0.15, 0.2) is 12.2 Å². The highest BCUT2D eigenvalue weighted by atomic mass is 31.2. The van der Waals surface area contributed by atoms with Gasteiger partial charge in [0.2, 0.25) is 0 Å². The van der Waals surface area contributed by atoms with Crippen molar-refractivity contribution in [3.8, 4) is 0 Å². The van der Waals surface area contributed by atoms with E-state index in [0.29, 0.717) is 12.8 Å². The van der Waals surface area contributed by atoms with Gasteiger partial charge in [0.05, 0.1) is 19.8 Å². The Morgan fingerprint density at radius 2 is 0.961 bits per heavy atom. The van der Waals surface area contributed by atoms with E-state index in [1.54, 1.807) is 0 Å². The number of carbonyl (C=O) groups excluding carboxylic acids is 2. The molecule has 0 radical (unpaired) electrons. The number of ether oxygens (including phenoxy) is 2. The number of phosphoric acid groups is 1. The quantitative estimate of drug-likeness (QED) is 0.0240. The van der Waals surface area contributed by atoms with E-state index in [1.807, 2.05) is 0 Å². The van der Waals surface area contributed by atoms with E-state index in [-0.39, 0.29) is 19.4 Å². The molecule has 0 aromatic rings. The molecule has 0 aliphatic rings. The molecule has 11 heteroatoms. The number of phosphoric ester groups is 1. The molecule has 0 fully saturated rings. The van der Waals surface area contributed by atoms with Crippen LogP contribution in [0.25, 0.3) is 0 Å². The van der Waals surface area contributed by atoms with Crippen LogP contribution in [0.3, 0.4) is 0 Å². The molecule has 0 aliphatic carbocycles. The molecule has 0 amide bonds. The van der Waals surface area contributed by atoms with Gasteiger partial charge >= 0.3 is 19.8 Å². The number of aliphatic hydroxyl groups excluding tert-OH is 2. The lowest BCUT2D eigenvalue weighted by atomic mass is 10.0. The lowest BCUT2D eigenvalue weighted by Gasteiger charge is -2.20. The van der Waals surface area contributed by atoms with Crippen LogP contribution in [0.5, 0.6) is 0 Å². The summed E-state index contributed by atoms with van der Waals surface area (Å²) < 4.78 is 32.6. The summed E-state index contributed by atoms with van der Waals surface area (Å²) in [5.41, 5.74) is 0. The predicted molar refractivity (Wildman–Crippen MR) is 205 cm³/mol. The first-order valence-electron chi connectivity index (χ1n) is 20.6. The number of rotatable bonds is 39. The van der Waals surface area contributed by atoms with Crippen molar-refractivity contribution in [1.82, 2.24) is 0 Å². The standard InChI is InChI=1S/C40H77O10P/c1-3-5-7-9-11-13-15-17-18-20-21-23-25-27-29-31-39(43)47-35-38(36-49-51(45,46)48-34-37(42)33-41)50-40(44)32-30-28-26-24-22-19-16-14-12-10-8-6-4-2/h17-18,37-38,41-42H,3-16,19-36H2,1-2H3,(H,45,46)/b18-17-/t37?,38-/m0/s1.